The van der Waals surface area contributed by atoms with E-state index in [-0.39, 0.29) is 17.7 Å². The van der Waals surface area contributed by atoms with Crippen molar-refractivity contribution in [3.63, 3.8) is 0 Å². The van der Waals surface area contributed by atoms with E-state index in [9.17, 15) is 9.59 Å². The molecular formula is C18H20ClN3O2S. The number of aryl methyl sites for hydroxylation is 1. The average molecular weight is 378 g/mol. The Balaban J connectivity index is 1.57. The number of carbonyl (C=O) groups is 2. The second kappa shape index (κ2) is 7.97. The zero-order valence-corrected chi connectivity index (χ0v) is 15.6. The molecule has 1 saturated heterocycles. The Morgan fingerprint density at radius 3 is 2.80 bits per heavy atom. The van der Waals surface area contributed by atoms with Crippen molar-refractivity contribution in [1.29, 1.82) is 0 Å². The summed E-state index contributed by atoms with van der Waals surface area (Å²) in [6.45, 7) is 3.50. The number of benzene rings is 1. The van der Waals surface area contributed by atoms with Gasteiger partial charge in [-0.3, -0.25) is 9.59 Å². The summed E-state index contributed by atoms with van der Waals surface area (Å²) in [4.78, 5) is 31.1. The third-order valence-electron chi connectivity index (χ3n) is 4.25. The largest absolute Gasteiger partial charge is 0.349 e. The Morgan fingerprint density at radius 2 is 2.12 bits per heavy atom. The van der Waals surface area contributed by atoms with Gasteiger partial charge in [-0.1, -0.05) is 11.6 Å². The van der Waals surface area contributed by atoms with Crippen LogP contribution in [-0.4, -0.2) is 34.8 Å². The highest BCUT2D eigenvalue weighted by molar-refractivity contribution is 7.09. The maximum atomic E-state index is 12.6. The summed E-state index contributed by atoms with van der Waals surface area (Å²) < 4.78 is 0. The molecule has 25 heavy (non-hydrogen) atoms. The molecule has 2 aromatic rings. The van der Waals surface area contributed by atoms with Gasteiger partial charge in [0.25, 0.3) is 5.91 Å². The van der Waals surface area contributed by atoms with Crippen molar-refractivity contribution < 1.29 is 9.59 Å². The molecule has 5 nitrogen and oxygen atoms in total. The predicted octanol–water partition coefficient (Wildman–Crippen LogP) is 3.27. The van der Waals surface area contributed by atoms with E-state index in [0.717, 1.165) is 23.5 Å². The molecule has 1 N–H and O–H groups in total. The molecule has 0 bridgehead atoms. The van der Waals surface area contributed by atoms with Gasteiger partial charge in [0, 0.05) is 34.7 Å². The van der Waals surface area contributed by atoms with E-state index < -0.39 is 0 Å². The van der Waals surface area contributed by atoms with Crippen LogP contribution in [0.3, 0.4) is 0 Å². The van der Waals surface area contributed by atoms with Crippen molar-refractivity contribution in [1.82, 2.24) is 15.2 Å². The van der Waals surface area contributed by atoms with E-state index in [1.54, 1.807) is 40.5 Å². The molecule has 1 unspecified atom stereocenters. The number of hydrogen-bond donors (Lipinski definition) is 1. The van der Waals surface area contributed by atoms with Crippen LogP contribution in [0.15, 0.2) is 29.6 Å². The molecule has 1 aliphatic heterocycles. The molecule has 0 saturated carbocycles. The molecule has 0 radical (unpaired) electrons. The van der Waals surface area contributed by atoms with Crippen LogP contribution in [0, 0.1) is 12.8 Å². The lowest BCUT2D eigenvalue weighted by Gasteiger charge is -2.32. The van der Waals surface area contributed by atoms with Crippen molar-refractivity contribution in [3.8, 4) is 0 Å². The maximum Gasteiger partial charge on any atom is 0.253 e. The molecule has 1 aliphatic rings. The van der Waals surface area contributed by atoms with Crippen LogP contribution in [0.5, 0.6) is 0 Å². The zero-order chi connectivity index (χ0) is 17.8. The average Bonchev–Trinajstić information content (AvgIpc) is 3.05. The monoisotopic (exact) mass is 377 g/mol. The molecule has 0 spiro atoms. The van der Waals surface area contributed by atoms with Crippen molar-refractivity contribution >= 4 is 34.8 Å². The van der Waals surface area contributed by atoms with E-state index in [2.05, 4.69) is 10.3 Å². The molecule has 0 aliphatic carbocycles. The fourth-order valence-electron chi connectivity index (χ4n) is 2.94. The van der Waals surface area contributed by atoms with E-state index >= 15 is 0 Å². The lowest BCUT2D eigenvalue weighted by Crippen LogP contribution is -2.45. The molecular weight excluding hydrogens is 358 g/mol. The Labute approximate surface area is 156 Å². The second-order valence-corrected chi connectivity index (χ2v) is 7.58. The number of hydrogen-bond acceptors (Lipinski definition) is 4. The zero-order valence-electron chi connectivity index (χ0n) is 14.0. The van der Waals surface area contributed by atoms with Crippen LogP contribution in [0.4, 0.5) is 0 Å². The van der Waals surface area contributed by atoms with Crippen molar-refractivity contribution in [2.24, 2.45) is 5.92 Å². The highest BCUT2D eigenvalue weighted by Gasteiger charge is 2.28. The number of piperidine rings is 1. The summed E-state index contributed by atoms with van der Waals surface area (Å²) in [5.41, 5.74) is 1.57. The van der Waals surface area contributed by atoms with E-state index in [1.807, 2.05) is 12.3 Å². The SMILES string of the molecule is Cc1csc(CNC(=O)C2CCCN(C(=O)c3ccc(Cl)cc3)C2)n1. The highest BCUT2D eigenvalue weighted by Crippen LogP contribution is 2.20. The first kappa shape index (κ1) is 17.9. The predicted molar refractivity (Wildman–Crippen MR) is 98.8 cm³/mol. The summed E-state index contributed by atoms with van der Waals surface area (Å²) in [5, 5.41) is 6.41. The Hall–Kier alpha value is -1.92. The number of likely N-dealkylation sites (tertiary alicyclic amines) is 1. The van der Waals surface area contributed by atoms with Crippen LogP contribution < -0.4 is 5.32 Å². The minimum absolute atomic E-state index is 0.0125. The molecule has 2 heterocycles. The Morgan fingerprint density at radius 1 is 1.36 bits per heavy atom. The first-order valence-corrected chi connectivity index (χ1v) is 9.52. The topological polar surface area (TPSA) is 62.3 Å². The van der Waals surface area contributed by atoms with Gasteiger partial charge >= 0.3 is 0 Å². The number of amides is 2. The lowest BCUT2D eigenvalue weighted by atomic mass is 9.96. The van der Waals surface area contributed by atoms with Gasteiger partial charge in [0.05, 0.1) is 12.5 Å². The summed E-state index contributed by atoms with van der Waals surface area (Å²) in [6.07, 6.45) is 1.63. The number of thiazole rings is 1. The first-order chi connectivity index (χ1) is 12.0. The van der Waals surface area contributed by atoms with Crippen molar-refractivity contribution in [3.05, 3.63) is 50.9 Å². The van der Waals surface area contributed by atoms with E-state index in [4.69, 9.17) is 11.6 Å². The van der Waals surface area contributed by atoms with Crippen LogP contribution in [0.25, 0.3) is 0 Å². The highest BCUT2D eigenvalue weighted by atomic mass is 35.5. The van der Waals surface area contributed by atoms with Crippen LogP contribution in [0.1, 0.15) is 33.9 Å². The van der Waals surface area contributed by atoms with Crippen molar-refractivity contribution in [2.75, 3.05) is 13.1 Å². The number of carbonyl (C=O) groups excluding carboxylic acids is 2. The minimum atomic E-state index is -0.175. The van der Waals surface area contributed by atoms with Crippen LogP contribution in [-0.2, 0) is 11.3 Å². The number of nitrogens with one attached hydrogen (secondary N) is 1. The normalized spacial score (nSPS) is 17.4. The van der Waals surface area contributed by atoms with Gasteiger partial charge in [0.1, 0.15) is 5.01 Å². The summed E-state index contributed by atoms with van der Waals surface area (Å²) in [7, 11) is 0. The molecule has 7 heteroatoms. The van der Waals surface area contributed by atoms with E-state index in [0.29, 0.717) is 30.2 Å². The van der Waals surface area contributed by atoms with Gasteiger partial charge in [0.2, 0.25) is 5.91 Å². The van der Waals surface area contributed by atoms with Crippen molar-refractivity contribution in [2.45, 2.75) is 26.3 Å². The van der Waals surface area contributed by atoms with Gasteiger partial charge < -0.3 is 10.2 Å². The molecule has 132 valence electrons. The molecule has 2 amide bonds. The summed E-state index contributed by atoms with van der Waals surface area (Å²) in [6, 6.07) is 6.86. The molecule has 3 rings (SSSR count). The number of rotatable bonds is 4. The lowest BCUT2D eigenvalue weighted by molar-refractivity contribution is -0.126. The smallest absolute Gasteiger partial charge is 0.253 e. The van der Waals surface area contributed by atoms with E-state index in [1.165, 1.54) is 0 Å². The van der Waals surface area contributed by atoms with Gasteiger partial charge in [-0.15, -0.1) is 11.3 Å². The third kappa shape index (κ3) is 4.58. The Bertz CT molecular complexity index is 760. The molecule has 1 atom stereocenters. The van der Waals surface area contributed by atoms with Gasteiger partial charge in [-0.05, 0) is 44.0 Å². The standard InChI is InChI=1S/C18H20ClN3O2S/c1-12-11-25-16(21-12)9-20-17(23)14-3-2-8-22(10-14)18(24)13-4-6-15(19)7-5-13/h4-7,11,14H,2-3,8-10H2,1H3,(H,20,23). The number of aromatic nitrogens is 1. The minimum Gasteiger partial charge on any atom is -0.349 e. The van der Waals surface area contributed by atoms with Crippen LogP contribution >= 0.6 is 22.9 Å². The first-order valence-electron chi connectivity index (χ1n) is 8.26. The third-order valence-corrected chi connectivity index (χ3v) is 5.47. The number of nitrogens with zero attached hydrogens (tertiary/aromatic N) is 2. The maximum absolute atomic E-state index is 12.6. The molecule has 1 aromatic carbocycles. The van der Waals surface area contributed by atoms with Gasteiger partial charge in [-0.25, -0.2) is 4.98 Å². The van der Waals surface area contributed by atoms with Crippen LogP contribution in [0.2, 0.25) is 5.02 Å². The fourth-order valence-corrected chi connectivity index (χ4v) is 3.78. The second-order valence-electron chi connectivity index (χ2n) is 6.20. The summed E-state index contributed by atoms with van der Waals surface area (Å²) in [5.74, 6) is -0.239. The molecule has 1 fully saturated rings. The quantitative estimate of drug-likeness (QED) is 0.889. The fraction of sp³-hybridized carbons (Fsp3) is 0.389. The summed E-state index contributed by atoms with van der Waals surface area (Å²) >= 11 is 7.41. The van der Waals surface area contributed by atoms with Gasteiger partial charge in [-0.2, -0.15) is 0 Å². The molecule has 1 aromatic heterocycles. The number of halogens is 1. The van der Waals surface area contributed by atoms with Gasteiger partial charge in [0.15, 0.2) is 0 Å². The Kier molecular flexibility index (Phi) is 5.71.